The maximum absolute atomic E-state index is 12.9. The van der Waals surface area contributed by atoms with Crippen LogP contribution >= 0.6 is 0 Å². The minimum absolute atomic E-state index is 0.0739. The number of ether oxygens (including phenoxy) is 2. The van der Waals surface area contributed by atoms with Gasteiger partial charge in [0.25, 0.3) is 11.1 Å². The lowest BCUT2D eigenvalue weighted by molar-refractivity contribution is 0.0963. The van der Waals surface area contributed by atoms with E-state index in [0.29, 0.717) is 41.5 Å². The molecule has 0 N–H and O–H groups in total. The molecule has 7 nitrogen and oxygen atoms in total. The summed E-state index contributed by atoms with van der Waals surface area (Å²) in [4.78, 5) is 30.1. The second kappa shape index (κ2) is 7.01. The van der Waals surface area contributed by atoms with E-state index in [-0.39, 0.29) is 17.2 Å². The first-order valence-electron chi connectivity index (χ1n) is 8.81. The molecule has 0 saturated carbocycles. The van der Waals surface area contributed by atoms with E-state index in [1.165, 1.54) is 0 Å². The smallest absolute Gasteiger partial charge is 0.260 e. The third-order valence-electron chi connectivity index (χ3n) is 4.85. The lowest BCUT2D eigenvalue weighted by Gasteiger charge is -2.12. The molecule has 1 unspecified atom stereocenters. The molecule has 0 radical (unpaired) electrons. The maximum atomic E-state index is 12.9. The van der Waals surface area contributed by atoms with Crippen molar-refractivity contribution < 1.29 is 9.47 Å². The standard InChI is InChI=1S/C19H21N3O4/c1-25-10-8-21-6-4-16-14(18(21)23)11-15-17(20-16)5-7-22(19(15)24)12-13-3-2-9-26-13/h4-7,11,13H,2-3,8-10,12H2,1H3. The molecular formula is C19H21N3O4. The average molecular weight is 355 g/mol. The van der Waals surface area contributed by atoms with Gasteiger partial charge in [-0.3, -0.25) is 9.59 Å². The van der Waals surface area contributed by atoms with Crippen molar-refractivity contribution in [3.8, 4) is 0 Å². The number of hydrogen-bond donors (Lipinski definition) is 0. The van der Waals surface area contributed by atoms with Crippen LogP contribution in [0.2, 0.25) is 0 Å². The number of pyridine rings is 3. The average Bonchev–Trinajstić information content (AvgIpc) is 3.16. The molecule has 0 aromatic carbocycles. The molecule has 0 amide bonds. The summed E-state index contributed by atoms with van der Waals surface area (Å²) in [5, 5.41) is 0.905. The Morgan fingerprint density at radius 3 is 2.50 bits per heavy atom. The highest BCUT2D eigenvalue weighted by Crippen LogP contribution is 2.16. The van der Waals surface area contributed by atoms with Gasteiger partial charge in [0.2, 0.25) is 0 Å². The Labute approximate surface area is 149 Å². The zero-order valence-electron chi connectivity index (χ0n) is 14.7. The van der Waals surface area contributed by atoms with Crippen LogP contribution in [0.5, 0.6) is 0 Å². The van der Waals surface area contributed by atoms with Crippen molar-refractivity contribution >= 4 is 21.8 Å². The molecule has 3 aromatic rings. The summed E-state index contributed by atoms with van der Waals surface area (Å²) in [6.45, 7) is 2.18. The molecule has 4 heterocycles. The largest absolute Gasteiger partial charge is 0.383 e. The molecule has 1 fully saturated rings. The Balaban J connectivity index is 1.82. The fourth-order valence-electron chi connectivity index (χ4n) is 3.42. The maximum Gasteiger partial charge on any atom is 0.260 e. The normalized spacial score (nSPS) is 17.3. The zero-order chi connectivity index (χ0) is 18.1. The van der Waals surface area contributed by atoms with E-state index in [0.717, 1.165) is 19.4 Å². The molecular weight excluding hydrogens is 334 g/mol. The molecule has 1 aliphatic rings. The third-order valence-corrected chi connectivity index (χ3v) is 4.85. The molecule has 0 aliphatic carbocycles. The van der Waals surface area contributed by atoms with E-state index in [1.54, 1.807) is 40.8 Å². The summed E-state index contributed by atoms with van der Waals surface area (Å²) >= 11 is 0. The summed E-state index contributed by atoms with van der Waals surface area (Å²) in [7, 11) is 1.59. The van der Waals surface area contributed by atoms with Gasteiger partial charge in [0, 0.05) is 32.7 Å². The van der Waals surface area contributed by atoms with Gasteiger partial charge in [-0.25, -0.2) is 4.98 Å². The third kappa shape index (κ3) is 3.04. The predicted molar refractivity (Wildman–Crippen MR) is 98.6 cm³/mol. The fourth-order valence-corrected chi connectivity index (χ4v) is 3.42. The molecule has 26 heavy (non-hydrogen) atoms. The lowest BCUT2D eigenvalue weighted by atomic mass is 10.2. The van der Waals surface area contributed by atoms with Crippen LogP contribution in [0, 0.1) is 0 Å². The Bertz CT molecular complexity index is 1060. The minimum Gasteiger partial charge on any atom is -0.383 e. The zero-order valence-corrected chi connectivity index (χ0v) is 14.7. The molecule has 1 aliphatic heterocycles. The van der Waals surface area contributed by atoms with Crippen molar-refractivity contribution in [3.63, 3.8) is 0 Å². The second-order valence-electron chi connectivity index (χ2n) is 6.57. The Morgan fingerprint density at radius 2 is 1.85 bits per heavy atom. The van der Waals surface area contributed by atoms with Crippen LogP contribution < -0.4 is 11.1 Å². The fraction of sp³-hybridized carbons (Fsp3) is 0.421. The number of aromatic nitrogens is 3. The number of hydrogen-bond acceptors (Lipinski definition) is 5. The van der Waals surface area contributed by atoms with Gasteiger partial charge in [-0.1, -0.05) is 0 Å². The van der Waals surface area contributed by atoms with E-state index < -0.39 is 0 Å². The molecule has 136 valence electrons. The van der Waals surface area contributed by atoms with Gasteiger partial charge in [0.15, 0.2) is 0 Å². The van der Waals surface area contributed by atoms with E-state index in [9.17, 15) is 9.59 Å². The topological polar surface area (TPSA) is 75.3 Å². The van der Waals surface area contributed by atoms with Gasteiger partial charge in [0.1, 0.15) is 0 Å². The van der Waals surface area contributed by atoms with Crippen molar-refractivity contribution in [3.05, 3.63) is 51.3 Å². The van der Waals surface area contributed by atoms with Crippen LogP contribution in [-0.4, -0.2) is 40.5 Å². The molecule has 0 bridgehead atoms. The first-order chi connectivity index (χ1) is 12.7. The molecule has 7 heteroatoms. The van der Waals surface area contributed by atoms with Crippen LogP contribution in [0.1, 0.15) is 12.8 Å². The number of methoxy groups -OCH3 is 1. The van der Waals surface area contributed by atoms with Gasteiger partial charge < -0.3 is 18.6 Å². The van der Waals surface area contributed by atoms with Crippen LogP contribution in [0.15, 0.2) is 40.2 Å². The van der Waals surface area contributed by atoms with Crippen molar-refractivity contribution in [2.45, 2.75) is 32.0 Å². The highest BCUT2D eigenvalue weighted by atomic mass is 16.5. The van der Waals surface area contributed by atoms with Crippen molar-refractivity contribution in [2.24, 2.45) is 0 Å². The molecule has 0 spiro atoms. The van der Waals surface area contributed by atoms with Gasteiger partial charge in [-0.2, -0.15) is 0 Å². The van der Waals surface area contributed by atoms with E-state index >= 15 is 0 Å². The second-order valence-corrected chi connectivity index (χ2v) is 6.57. The van der Waals surface area contributed by atoms with Gasteiger partial charge in [-0.05, 0) is 31.0 Å². The Kier molecular flexibility index (Phi) is 4.57. The SMILES string of the molecule is COCCn1ccc2nc3ccn(CC4CCCO4)c(=O)c3cc2c1=O. The van der Waals surface area contributed by atoms with E-state index in [2.05, 4.69) is 4.98 Å². The highest BCUT2D eigenvalue weighted by molar-refractivity contribution is 5.91. The minimum atomic E-state index is -0.164. The van der Waals surface area contributed by atoms with Crippen LogP contribution in [-0.2, 0) is 22.6 Å². The monoisotopic (exact) mass is 355 g/mol. The van der Waals surface area contributed by atoms with Gasteiger partial charge >= 0.3 is 0 Å². The molecule has 3 aromatic heterocycles. The van der Waals surface area contributed by atoms with Crippen molar-refractivity contribution in [2.75, 3.05) is 20.3 Å². The van der Waals surface area contributed by atoms with Gasteiger partial charge in [0.05, 0.1) is 41.1 Å². The van der Waals surface area contributed by atoms with Crippen molar-refractivity contribution in [1.82, 2.24) is 14.1 Å². The number of nitrogens with zero attached hydrogens (tertiary/aromatic N) is 3. The Hall–Kier alpha value is -2.51. The van der Waals surface area contributed by atoms with Crippen LogP contribution in [0.4, 0.5) is 0 Å². The van der Waals surface area contributed by atoms with Gasteiger partial charge in [-0.15, -0.1) is 0 Å². The molecule has 4 rings (SSSR count). The lowest BCUT2D eigenvalue weighted by Crippen LogP contribution is -2.26. The summed E-state index contributed by atoms with van der Waals surface area (Å²) in [5.41, 5.74) is 0.884. The van der Waals surface area contributed by atoms with Crippen LogP contribution in [0.3, 0.4) is 0 Å². The Morgan fingerprint density at radius 1 is 1.15 bits per heavy atom. The van der Waals surface area contributed by atoms with E-state index in [1.807, 2.05) is 6.07 Å². The molecule has 1 saturated heterocycles. The van der Waals surface area contributed by atoms with Crippen LogP contribution in [0.25, 0.3) is 21.8 Å². The predicted octanol–water partition coefficient (Wildman–Crippen LogP) is 1.54. The first kappa shape index (κ1) is 16.9. The van der Waals surface area contributed by atoms with Crippen molar-refractivity contribution in [1.29, 1.82) is 0 Å². The summed E-state index contributed by atoms with van der Waals surface area (Å²) in [6, 6.07) is 5.28. The first-order valence-corrected chi connectivity index (χ1v) is 8.81. The quantitative estimate of drug-likeness (QED) is 0.649. The highest BCUT2D eigenvalue weighted by Gasteiger charge is 2.17. The summed E-state index contributed by atoms with van der Waals surface area (Å²) in [5.74, 6) is 0. The molecule has 1 atom stereocenters. The van der Waals surface area contributed by atoms with E-state index in [4.69, 9.17) is 9.47 Å². The number of fused-ring (bicyclic) bond motifs is 2. The number of rotatable bonds is 5. The summed E-state index contributed by atoms with van der Waals surface area (Å²) < 4.78 is 13.9. The summed E-state index contributed by atoms with van der Waals surface area (Å²) in [6.07, 6.45) is 5.53.